The zero-order chi connectivity index (χ0) is 10.8. The zero-order valence-electron chi connectivity index (χ0n) is 9.53. The summed E-state index contributed by atoms with van der Waals surface area (Å²) in [5.74, 6) is 1.35. The summed E-state index contributed by atoms with van der Waals surface area (Å²) in [4.78, 5) is 4.59. The summed E-state index contributed by atoms with van der Waals surface area (Å²) in [6, 6.07) is 8.61. The molecule has 1 aliphatic rings. The largest absolute Gasteiger partial charge is 0.475 e. The van der Waals surface area contributed by atoms with Crippen LogP contribution in [0.2, 0.25) is 0 Å². The minimum absolute atomic E-state index is 0.320. The minimum Gasteiger partial charge on any atom is -0.475 e. The second-order valence-corrected chi connectivity index (χ2v) is 4.43. The average molecular weight is 203 g/mol. The molecule has 0 aliphatic carbocycles. The molecule has 0 fully saturated rings. The van der Waals surface area contributed by atoms with Crippen molar-refractivity contribution in [2.45, 2.75) is 26.8 Å². The Balaban J connectivity index is 2.22. The predicted octanol–water partition coefficient (Wildman–Crippen LogP) is 2.80. The van der Waals surface area contributed by atoms with Crippen molar-refractivity contribution in [2.24, 2.45) is 10.9 Å². The van der Waals surface area contributed by atoms with E-state index in [0.29, 0.717) is 12.0 Å². The molecular formula is C13H17NO. The predicted molar refractivity (Wildman–Crippen MR) is 62.3 cm³/mol. The first kappa shape index (κ1) is 10.2. The summed E-state index contributed by atoms with van der Waals surface area (Å²) in [5.41, 5.74) is 2.34. The molecule has 0 aromatic heterocycles. The first-order chi connectivity index (χ1) is 7.16. The second-order valence-electron chi connectivity index (χ2n) is 4.43. The monoisotopic (exact) mass is 203 g/mol. The van der Waals surface area contributed by atoms with Crippen molar-refractivity contribution in [1.29, 1.82) is 0 Å². The Morgan fingerprint density at radius 3 is 2.80 bits per heavy atom. The van der Waals surface area contributed by atoms with Crippen LogP contribution < -0.4 is 0 Å². The molecule has 2 nitrogen and oxygen atoms in total. The van der Waals surface area contributed by atoms with Crippen LogP contribution in [-0.4, -0.2) is 18.5 Å². The third kappa shape index (κ3) is 2.20. The lowest BCUT2D eigenvalue weighted by Gasteiger charge is -2.06. The maximum atomic E-state index is 5.62. The molecule has 0 N–H and O–H groups in total. The maximum Gasteiger partial charge on any atom is 0.216 e. The van der Waals surface area contributed by atoms with Crippen LogP contribution in [-0.2, 0) is 4.74 Å². The Kier molecular flexibility index (Phi) is 2.76. The van der Waals surface area contributed by atoms with Gasteiger partial charge in [-0.1, -0.05) is 31.5 Å². The van der Waals surface area contributed by atoms with E-state index in [1.807, 2.05) is 6.07 Å². The van der Waals surface area contributed by atoms with Gasteiger partial charge in [0.1, 0.15) is 6.61 Å². The number of aryl methyl sites for hydroxylation is 1. The van der Waals surface area contributed by atoms with Gasteiger partial charge in [0.25, 0.3) is 0 Å². The SMILES string of the molecule is Cc1cccc(C2=N[C@H](C(C)C)CO2)c1. The minimum atomic E-state index is 0.320. The standard InChI is InChI=1S/C13H17NO/c1-9(2)12-8-15-13(14-12)11-6-4-5-10(3)7-11/h4-7,9,12H,8H2,1-3H3/t12-/m0/s1. The van der Waals surface area contributed by atoms with E-state index in [1.54, 1.807) is 0 Å². The van der Waals surface area contributed by atoms with E-state index in [9.17, 15) is 0 Å². The van der Waals surface area contributed by atoms with E-state index in [0.717, 1.165) is 18.1 Å². The van der Waals surface area contributed by atoms with Crippen molar-refractivity contribution < 1.29 is 4.74 Å². The van der Waals surface area contributed by atoms with Gasteiger partial charge in [0.15, 0.2) is 0 Å². The van der Waals surface area contributed by atoms with Gasteiger partial charge in [0.05, 0.1) is 6.04 Å². The first-order valence-electron chi connectivity index (χ1n) is 5.44. The highest BCUT2D eigenvalue weighted by Crippen LogP contribution is 2.17. The fourth-order valence-corrected chi connectivity index (χ4v) is 1.67. The van der Waals surface area contributed by atoms with Crippen LogP contribution in [0.5, 0.6) is 0 Å². The maximum absolute atomic E-state index is 5.62. The Hall–Kier alpha value is -1.31. The molecule has 0 bridgehead atoms. The van der Waals surface area contributed by atoms with Gasteiger partial charge in [-0.25, -0.2) is 4.99 Å². The lowest BCUT2D eigenvalue weighted by atomic mass is 10.1. The van der Waals surface area contributed by atoms with Gasteiger partial charge in [-0.3, -0.25) is 0 Å². The molecule has 0 unspecified atom stereocenters. The molecule has 15 heavy (non-hydrogen) atoms. The normalized spacial score (nSPS) is 20.3. The van der Waals surface area contributed by atoms with E-state index >= 15 is 0 Å². The highest BCUT2D eigenvalue weighted by molar-refractivity contribution is 5.95. The van der Waals surface area contributed by atoms with E-state index in [2.05, 4.69) is 44.0 Å². The topological polar surface area (TPSA) is 21.6 Å². The molecule has 0 saturated heterocycles. The van der Waals surface area contributed by atoms with Crippen molar-refractivity contribution in [3.63, 3.8) is 0 Å². The Labute approximate surface area is 91.0 Å². The van der Waals surface area contributed by atoms with E-state index < -0.39 is 0 Å². The molecule has 0 radical (unpaired) electrons. The van der Waals surface area contributed by atoms with Crippen molar-refractivity contribution in [3.05, 3.63) is 35.4 Å². The van der Waals surface area contributed by atoms with Gasteiger partial charge >= 0.3 is 0 Å². The zero-order valence-corrected chi connectivity index (χ0v) is 9.53. The van der Waals surface area contributed by atoms with E-state index in [4.69, 9.17) is 4.74 Å². The Morgan fingerprint density at radius 1 is 1.40 bits per heavy atom. The van der Waals surface area contributed by atoms with Gasteiger partial charge in [-0.2, -0.15) is 0 Å². The molecule has 1 aromatic rings. The van der Waals surface area contributed by atoms with Crippen LogP contribution in [0.15, 0.2) is 29.3 Å². The van der Waals surface area contributed by atoms with Gasteiger partial charge in [-0.15, -0.1) is 0 Å². The Morgan fingerprint density at radius 2 is 2.20 bits per heavy atom. The molecule has 2 rings (SSSR count). The molecule has 1 aliphatic heterocycles. The van der Waals surface area contributed by atoms with Gasteiger partial charge in [-0.05, 0) is 25.0 Å². The summed E-state index contributed by atoms with van der Waals surface area (Å²) in [5, 5.41) is 0. The van der Waals surface area contributed by atoms with Crippen LogP contribution in [0.3, 0.4) is 0 Å². The van der Waals surface area contributed by atoms with Crippen molar-refractivity contribution >= 4 is 5.90 Å². The van der Waals surface area contributed by atoms with Crippen molar-refractivity contribution in [3.8, 4) is 0 Å². The summed E-state index contributed by atoms with van der Waals surface area (Å²) in [7, 11) is 0. The molecule has 0 saturated carbocycles. The summed E-state index contributed by atoms with van der Waals surface area (Å²) >= 11 is 0. The van der Waals surface area contributed by atoms with E-state index in [1.165, 1.54) is 5.56 Å². The van der Waals surface area contributed by atoms with Crippen LogP contribution in [0.4, 0.5) is 0 Å². The smallest absolute Gasteiger partial charge is 0.216 e. The number of hydrogen-bond acceptors (Lipinski definition) is 2. The molecular weight excluding hydrogens is 186 g/mol. The molecule has 1 heterocycles. The molecule has 2 heteroatoms. The Bertz CT molecular complexity index is 382. The fourth-order valence-electron chi connectivity index (χ4n) is 1.67. The van der Waals surface area contributed by atoms with Crippen molar-refractivity contribution in [2.75, 3.05) is 6.61 Å². The molecule has 80 valence electrons. The summed E-state index contributed by atoms with van der Waals surface area (Å²) < 4.78 is 5.62. The highest BCUT2D eigenvalue weighted by Gasteiger charge is 2.22. The third-order valence-electron chi connectivity index (χ3n) is 2.71. The average Bonchev–Trinajstić information content (AvgIpc) is 2.66. The van der Waals surface area contributed by atoms with Gasteiger partial charge < -0.3 is 4.74 Å². The third-order valence-corrected chi connectivity index (χ3v) is 2.71. The number of rotatable bonds is 2. The molecule has 0 spiro atoms. The number of aliphatic imine (C=N–C) groups is 1. The lowest BCUT2D eigenvalue weighted by Crippen LogP contribution is -2.13. The van der Waals surface area contributed by atoms with Crippen LogP contribution in [0, 0.1) is 12.8 Å². The second kappa shape index (κ2) is 4.05. The number of nitrogens with zero attached hydrogens (tertiary/aromatic N) is 1. The lowest BCUT2D eigenvalue weighted by molar-refractivity contribution is 0.292. The van der Waals surface area contributed by atoms with Gasteiger partial charge in [0.2, 0.25) is 5.90 Å². The number of ether oxygens (including phenoxy) is 1. The fraction of sp³-hybridized carbons (Fsp3) is 0.462. The number of benzene rings is 1. The summed E-state index contributed by atoms with van der Waals surface area (Å²) in [6.45, 7) is 7.16. The first-order valence-corrected chi connectivity index (χ1v) is 5.44. The molecule has 1 aromatic carbocycles. The van der Waals surface area contributed by atoms with Gasteiger partial charge in [0, 0.05) is 5.56 Å². The van der Waals surface area contributed by atoms with E-state index in [-0.39, 0.29) is 0 Å². The highest BCUT2D eigenvalue weighted by atomic mass is 16.5. The molecule has 1 atom stereocenters. The summed E-state index contributed by atoms with van der Waals surface area (Å²) in [6.07, 6.45) is 0. The number of hydrogen-bond donors (Lipinski definition) is 0. The van der Waals surface area contributed by atoms with Crippen LogP contribution >= 0.6 is 0 Å². The molecule has 0 amide bonds. The van der Waals surface area contributed by atoms with Crippen molar-refractivity contribution in [1.82, 2.24) is 0 Å². The van der Waals surface area contributed by atoms with Crippen LogP contribution in [0.1, 0.15) is 25.0 Å². The van der Waals surface area contributed by atoms with Crippen LogP contribution in [0.25, 0.3) is 0 Å². The quantitative estimate of drug-likeness (QED) is 0.724.